The SMILES string of the molecule is NC(c1nc(-c2ccc(Br)s2)no1)C1CCCCC1. The third-order valence-corrected chi connectivity index (χ3v) is 5.30. The monoisotopic (exact) mass is 341 g/mol. The Morgan fingerprint density at radius 1 is 1.32 bits per heavy atom. The fraction of sp³-hybridized carbons (Fsp3) is 0.538. The molecule has 1 aliphatic carbocycles. The Labute approximate surface area is 124 Å². The molecule has 0 aliphatic heterocycles. The van der Waals surface area contributed by atoms with Gasteiger partial charge in [-0.3, -0.25) is 0 Å². The lowest BCUT2D eigenvalue weighted by Gasteiger charge is -2.24. The van der Waals surface area contributed by atoms with Gasteiger partial charge in [-0.2, -0.15) is 4.98 Å². The first-order chi connectivity index (χ1) is 9.24. The summed E-state index contributed by atoms with van der Waals surface area (Å²) in [4.78, 5) is 5.45. The second kappa shape index (κ2) is 5.73. The second-order valence-corrected chi connectivity index (χ2v) is 7.45. The van der Waals surface area contributed by atoms with Crippen LogP contribution in [0.25, 0.3) is 10.7 Å². The first-order valence-electron chi connectivity index (χ1n) is 6.59. The van der Waals surface area contributed by atoms with Gasteiger partial charge in [0.2, 0.25) is 11.7 Å². The number of aromatic nitrogens is 2. The summed E-state index contributed by atoms with van der Waals surface area (Å²) in [7, 11) is 0. The molecule has 0 aromatic carbocycles. The van der Waals surface area contributed by atoms with Gasteiger partial charge < -0.3 is 10.3 Å². The number of hydrogen-bond acceptors (Lipinski definition) is 5. The minimum Gasteiger partial charge on any atom is -0.337 e. The van der Waals surface area contributed by atoms with Gasteiger partial charge in [-0.1, -0.05) is 24.4 Å². The summed E-state index contributed by atoms with van der Waals surface area (Å²) in [6, 6.07) is 3.84. The van der Waals surface area contributed by atoms with Crippen molar-refractivity contribution in [3.63, 3.8) is 0 Å². The van der Waals surface area contributed by atoms with Crippen molar-refractivity contribution in [2.75, 3.05) is 0 Å². The third-order valence-electron chi connectivity index (χ3n) is 3.68. The summed E-state index contributed by atoms with van der Waals surface area (Å²) < 4.78 is 6.41. The maximum Gasteiger partial charge on any atom is 0.244 e. The van der Waals surface area contributed by atoms with Crippen LogP contribution in [0, 0.1) is 5.92 Å². The summed E-state index contributed by atoms with van der Waals surface area (Å²) in [6.45, 7) is 0. The number of rotatable bonds is 3. The van der Waals surface area contributed by atoms with Gasteiger partial charge in [0.25, 0.3) is 0 Å². The molecule has 1 saturated carbocycles. The maximum absolute atomic E-state index is 6.26. The van der Waals surface area contributed by atoms with E-state index in [0.717, 1.165) is 8.66 Å². The Kier molecular flexibility index (Phi) is 4.00. The van der Waals surface area contributed by atoms with Crippen molar-refractivity contribution in [2.45, 2.75) is 38.1 Å². The van der Waals surface area contributed by atoms with E-state index in [1.807, 2.05) is 12.1 Å². The van der Waals surface area contributed by atoms with E-state index in [1.165, 1.54) is 32.1 Å². The topological polar surface area (TPSA) is 64.9 Å². The molecule has 0 bridgehead atoms. The van der Waals surface area contributed by atoms with Crippen LogP contribution in [0.3, 0.4) is 0 Å². The largest absolute Gasteiger partial charge is 0.337 e. The van der Waals surface area contributed by atoms with Crippen LogP contribution in [0.2, 0.25) is 0 Å². The van der Waals surface area contributed by atoms with E-state index in [-0.39, 0.29) is 6.04 Å². The lowest BCUT2D eigenvalue weighted by molar-refractivity contribution is 0.255. The number of nitrogens with two attached hydrogens (primary N) is 1. The Morgan fingerprint density at radius 2 is 2.11 bits per heavy atom. The van der Waals surface area contributed by atoms with Crippen molar-refractivity contribution in [2.24, 2.45) is 11.7 Å². The van der Waals surface area contributed by atoms with Crippen LogP contribution in [0.4, 0.5) is 0 Å². The minimum atomic E-state index is -0.120. The molecule has 1 fully saturated rings. The standard InChI is InChI=1S/C13H16BrN3OS/c14-10-7-6-9(19-10)12-16-13(18-17-12)11(15)8-4-2-1-3-5-8/h6-8,11H,1-5,15H2. The van der Waals surface area contributed by atoms with E-state index in [0.29, 0.717) is 17.6 Å². The van der Waals surface area contributed by atoms with Gasteiger partial charge in [0.1, 0.15) is 0 Å². The van der Waals surface area contributed by atoms with Gasteiger partial charge in [0.15, 0.2) is 0 Å². The Balaban J connectivity index is 1.76. The Bertz CT molecular complexity index is 548. The first-order valence-corrected chi connectivity index (χ1v) is 8.20. The molecule has 1 aliphatic rings. The summed E-state index contributed by atoms with van der Waals surface area (Å²) in [6.07, 6.45) is 6.18. The van der Waals surface area contributed by atoms with Crippen LogP contribution >= 0.6 is 27.3 Å². The highest BCUT2D eigenvalue weighted by Gasteiger charge is 2.26. The molecule has 0 saturated heterocycles. The van der Waals surface area contributed by atoms with Gasteiger partial charge in [0.05, 0.1) is 14.7 Å². The molecule has 4 nitrogen and oxygen atoms in total. The predicted octanol–water partition coefficient (Wildman–Crippen LogP) is 4.14. The number of halogens is 1. The van der Waals surface area contributed by atoms with Crippen LogP contribution in [-0.2, 0) is 0 Å². The van der Waals surface area contributed by atoms with Crippen LogP contribution in [-0.4, -0.2) is 10.1 Å². The Hall–Kier alpha value is -0.720. The molecule has 1 atom stereocenters. The van der Waals surface area contributed by atoms with Crippen molar-refractivity contribution in [3.05, 3.63) is 21.8 Å². The molecule has 3 rings (SSSR count). The first kappa shape index (κ1) is 13.3. The highest BCUT2D eigenvalue weighted by atomic mass is 79.9. The van der Waals surface area contributed by atoms with E-state index in [2.05, 4.69) is 26.1 Å². The van der Waals surface area contributed by atoms with E-state index in [4.69, 9.17) is 10.3 Å². The van der Waals surface area contributed by atoms with E-state index in [9.17, 15) is 0 Å². The molecule has 102 valence electrons. The van der Waals surface area contributed by atoms with E-state index in [1.54, 1.807) is 11.3 Å². The quantitative estimate of drug-likeness (QED) is 0.910. The van der Waals surface area contributed by atoms with Gasteiger partial charge in [-0.05, 0) is 46.8 Å². The predicted molar refractivity (Wildman–Crippen MR) is 78.8 cm³/mol. The molecular weight excluding hydrogens is 326 g/mol. The van der Waals surface area contributed by atoms with E-state index >= 15 is 0 Å². The number of thiophene rings is 1. The average molecular weight is 342 g/mol. The summed E-state index contributed by atoms with van der Waals surface area (Å²) in [5.74, 6) is 1.69. The normalized spacial score (nSPS) is 18.6. The van der Waals surface area contributed by atoms with Crippen molar-refractivity contribution >= 4 is 27.3 Å². The molecule has 2 aromatic heterocycles. The maximum atomic E-state index is 6.26. The molecule has 6 heteroatoms. The molecule has 2 aromatic rings. The van der Waals surface area contributed by atoms with Crippen LogP contribution in [0.15, 0.2) is 20.4 Å². The lowest BCUT2D eigenvalue weighted by atomic mass is 9.84. The van der Waals surface area contributed by atoms with Crippen molar-refractivity contribution in [1.82, 2.24) is 10.1 Å². The lowest BCUT2D eigenvalue weighted by Crippen LogP contribution is -2.23. The smallest absolute Gasteiger partial charge is 0.244 e. The third kappa shape index (κ3) is 2.90. The zero-order chi connectivity index (χ0) is 13.2. The molecule has 0 radical (unpaired) electrons. The van der Waals surface area contributed by atoms with Crippen LogP contribution in [0.5, 0.6) is 0 Å². The van der Waals surface area contributed by atoms with Crippen LogP contribution < -0.4 is 5.73 Å². The van der Waals surface area contributed by atoms with Crippen molar-refractivity contribution in [3.8, 4) is 10.7 Å². The summed E-state index contributed by atoms with van der Waals surface area (Å²) in [5, 5.41) is 4.04. The summed E-state index contributed by atoms with van der Waals surface area (Å²) in [5.41, 5.74) is 6.26. The molecule has 0 amide bonds. The zero-order valence-electron chi connectivity index (χ0n) is 10.5. The number of nitrogens with zero attached hydrogens (tertiary/aromatic N) is 2. The van der Waals surface area contributed by atoms with Gasteiger partial charge in [-0.25, -0.2) is 0 Å². The zero-order valence-corrected chi connectivity index (χ0v) is 12.9. The van der Waals surface area contributed by atoms with Gasteiger partial charge >= 0.3 is 0 Å². The molecule has 2 N–H and O–H groups in total. The number of hydrogen-bond donors (Lipinski definition) is 1. The Morgan fingerprint density at radius 3 is 2.79 bits per heavy atom. The highest BCUT2D eigenvalue weighted by molar-refractivity contribution is 9.11. The van der Waals surface area contributed by atoms with Crippen LogP contribution in [0.1, 0.15) is 44.0 Å². The van der Waals surface area contributed by atoms with Crippen molar-refractivity contribution < 1.29 is 4.52 Å². The van der Waals surface area contributed by atoms with Gasteiger partial charge in [0, 0.05) is 0 Å². The fourth-order valence-electron chi connectivity index (χ4n) is 2.60. The molecule has 0 spiro atoms. The average Bonchev–Trinajstić information content (AvgIpc) is 3.07. The highest BCUT2D eigenvalue weighted by Crippen LogP contribution is 2.34. The molecule has 2 heterocycles. The molecule has 1 unspecified atom stereocenters. The second-order valence-electron chi connectivity index (χ2n) is 4.98. The van der Waals surface area contributed by atoms with Crippen molar-refractivity contribution in [1.29, 1.82) is 0 Å². The van der Waals surface area contributed by atoms with E-state index < -0.39 is 0 Å². The van der Waals surface area contributed by atoms with Gasteiger partial charge in [-0.15, -0.1) is 11.3 Å². The minimum absolute atomic E-state index is 0.120. The fourth-order valence-corrected chi connectivity index (χ4v) is 3.91. The summed E-state index contributed by atoms with van der Waals surface area (Å²) >= 11 is 5.03. The molecular formula is C13H16BrN3OS. The molecule has 19 heavy (non-hydrogen) atoms.